The highest BCUT2D eigenvalue weighted by atomic mass is 16.5. The Bertz CT molecular complexity index is 505. The minimum atomic E-state index is 0.0715. The van der Waals surface area contributed by atoms with Gasteiger partial charge >= 0.3 is 0 Å². The van der Waals surface area contributed by atoms with E-state index < -0.39 is 0 Å². The second kappa shape index (κ2) is 7.93. The van der Waals surface area contributed by atoms with Crippen LogP contribution in [-0.2, 0) is 15.9 Å². The molecule has 0 aromatic carbocycles. The maximum absolute atomic E-state index is 5.54. The molecule has 2 aliphatic rings. The SMILES string of the molecule is CCc1cc(N[C@H]2CCOC[C@@H]2OC)nc(N2CCCCC2)n1. The van der Waals surface area contributed by atoms with Crippen molar-refractivity contribution in [2.75, 3.05) is 43.6 Å². The van der Waals surface area contributed by atoms with Gasteiger partial charge in [0.2, 0.25) is 5.95 Å². The minimum absolute atomic E-state index is 0.0715. The summed E-state index contributed by atoms with van der Waals surface area (Å²) in [6, 6.07) is 2.30. The Kier molecular flexibility index (Phi) is 5.67. The van der Waals surface area contributed by atoms with E-state index in [0.29, 0.717) is 6.61 Å². The van der Waals surface area contributed by atoms with Crippen molar-refractivity contribution in [1.29, 1.82) is 0 Å². The van der Waals surface area contributed by atoms with Gasteiger partial charge in [-0.25, -0.2) is 4.98 Å². The number of methoxy groups -OCH3 is 1. The molecule has 2 fully saturated rings. The summed E-state index contributed by atoms with van der Waals surface area (Å²) >= 11 is 0. The van der Waals surface area contributed by atoms with Gasteiger partial charge in [-0.15, -0.1) is 0 Å². The van der Waals surface area contributed by atoms with E-state index in [2.05, 4.69) is 23.2 Å². The van der Waals surface area contributed by atoms with Crippen LogP contribution in [0.2, 0.25) is 0 Å². The topological polar surface area (TPSA) is 59.5 Å². The lowest BCUT2D eigenvalue weighted by Crippen LogP contribution is -2.43. The number of rotatable bonds is 5. The normalized spacial score (nSPS) is 25.4. The lowest BCUT2D eigenvalue weighted by atomic mass is 10.1. The molecule has 6 nitrogen and oxygen atoms in total. The molecule has 2 atom stereocenters. The van der Waals surface area contributed by atoms with Gasteiger partial charge in [-0.05, 0) is 32.1 Å². The summed E-state index contributed by atoms with van der Waals surface area (Å²) in [5.41, 5.74) is 1.09. The first-order valence-corrected chi connectivity index (χ1v) is 8.80. The zero-order chi connectivity index (χ0) is 16.1. The zero-order valence-corrected chi connectivity index (χ0v) is 14.3. The molecule has 2 aliphatic heterocycles. The fourth-order valence-corrected chi connectivity index (χ4v) is 3.27. The molecule has 1 N–H and O–H groups in total. The lowest BCUT2D eigenvalue weighted by Gasteiger charge is -2.32. The maximum atomic E-state index is 5.54. The van der Waals surface area contributed by atoms with E-state index in [1.165, 1.54) is 19.3 Å². The third-order valence-electron chi connectivity index (χ3n) is 4.71. The standard InChI is InChI=1S/C17H28N4O2/c1-3-13-11-16(19-14-7-10-23-12-15(14)22-2)20-17(18-13)21-8-5-4-6-9-21/h11,14-15H,3-10,12H2,1-2H3,(H,18,19,20)/t14-,15-/m0/s1. The summed E-state index contributed by atoms with van der Waals surface area (Å²) in [6.45, 7) is 5.66. The molecule has 0 saturated carbocycles. The Morgan fingerprint density at radius 1 is 1.30 bits per heavy atom. The Morgan fingerprint density at radius 2 is 2.13 bits per heavy atom. The lowest BCUT2D eigenvalue weighted by molar-refractivity contribution is -0.0367. The average Bonchev–Trinajstić information content (AvgIpc) is 2.62. The molecule has 0 aliphatic carbocycles. The first-order valence-electron chi connectivity index (χ1n) is 8.80. The van der Waals surface area contributed by atoms with Gasteiger partial charge in [0, 0.05) is 38.6 Å². The van der Waals surface area contributed by atoms with Gasteiger partial charge in [0.25, 0.3) is 0 Å². The fourth-order valence-electron chi connectivity index (χ4n) is 3.27. The van der Waals surface area contributed by atoms with E-state index >= 15 is 0 Å². The maximum Gasteiger partial charge on any atom is 0.227 e. The van der Waals surface area contributed by atoms with Crippen LogP contribution in [0.1, 0.15) is 38.3 Å². The Balaban J connectivity index is 1.77. The van der Waals surface area contributed by atoms with Crippen molar-refractivity contribution >= 4 is 11.8 Å². The largest absolute Gasteiger partial charge is 0.379 e. The Morgan fingerprint density at radius 3 is 2.87 bits per heavy atom. The summed E-state index contributed by atoms with van der Waals surface area (Å²) in [5.74, 6) is 1.78. The highest BCUT2D eigenvalue weighted by Gasteiger charge is 2.26. The number of aromatic nitrogens is 2. The number of hydrogen-bond donors (Lipinski definition) is 1. The van der Waals surface area contributed by atoms with Gasteiger partial charge in [0.1, 0.15) is 11.9 Å². The summed E-state index contributed by atoms with van der Waals surface area (Å²) in [4.78, 5) is 11.8. The van der Waals surface area contributed by atoms with Gasteiger partial charge < -0.3 is 19.7 Å². The Labute approximate surface area is 138 Å². The molecule has 1 aromatic rings. The monoisotopic (exact) mass is 320 g/mol. The number of hydrogen-bond acceptors (Lipinski definition) is 6. The molecule has 0 bridgehead atoms. The van der Waals surface area contributed by atoms with Crippen LogP contribution >= 0.6 is 0 Å². The van der Waals surface area contributed by atoms with Crippen LogP contribution in [-0.4, -0.2) is 55.5 Å². The van der Waals surface area contributed by atoms with Crippen LogP contribution in [0.4, 0.5) is 11.8 Å². The number of piperidine rings is 1. The Hall–Kier alpha value is -1.40. The van der Waals surface area contributed by atoms with Crippen molar-refractivity contribution in [3.63, 3.8) is 0 Å². The molecule has 6 heteroatoms. The van der Waals surface area contributed by atoms with Crippen LogP contribution in [0.25, 0.3) is 0 Å². The fraction of sp³-hybridized carbons (Fsp3) is 0.765. The van der Waals surface area contributed by atoms with Crippen molar-refractivity contribution in [2.24, 2.45) is 0 Å². The molecule has 3 rings (SSSR count). The molecule has 128 valence electrons. The zero-order valence-electron chi connectivity index (χ0n) is 14.3. The van der Waals surface area contributed by atoms with Crippen LogP contribution in [0.3, 0.4) is 0 Å². The van der Waals surface area contributed by atoms with Gasteiger partial charge in [0.15, 0.2) is 0 Å². The summed E-state index contributed by atoms with van der Waals surface area (Å²) in [5, 5.41) is 3.55. The van der Waals surface area contributed by atoms with Gasteiger partial charge in [-0.2, -0.15) is 4.98 Å². The summed E-state index contributed by atoms with van der Waals surface area (Å²) < 4.78 is 11.0. The molecule has 23 heavy (non-hydrogen) atoms. The quantitative estimate of drug-likeness (QED) is 0.898. The van der Waals surface area contributed by atoms with Gasteiger partial charge in [-0.1, -0.05) is 6.92 Å². The number of ether oxygens (including phenoxy) is 2. The predicted octanol–water partition coefficient (Wildman–Crippen LogP) is 2.25. The first kappa shape index (κ1) is 16.5. The highest BCUT2D eigenvalue weighted by molar-refractivity contribution is 5.45. The van der Waals surface area contributed by atoms with Crippen molar-refractivity contribution in [1.82, 2.24) is 9.97 Å². The second-order valence-corrected chi connectivity index (χ2v) is 6.33. The minimum Gasteiger partial charge on any atom is -0.379 e. The predicted molar refractivity (Wildman–Crippen MR) is 91.1 cm³/mol. The van der Waals surface area contributed by atoms with Crippen LogP contribution < -0.4 is 10.2 Å². The first-order chi connectivity index (χ1) is 11.3. The number of aryl methyl sites for hydroxylation is 1. The molecule has 2 saturated heterocycles. The third-order valence-corrected chi connectivity index (χ3v) is 4.71. The van der Waals surface area contributed by atoms with E-state index in [9.17, 15) is 0 Å². The molecule has 0 amide bonds. The van der Waals surface area contributed by atoms with Crippen LogP contribution in [0.5, 0.6) is 0 Å². The van der Waals surface area contributed by atoms with Crippen LogP contribution in [0.15, 0.2) is 6.07 Å². The molecule has 0 radical (unpaired) electrons. The van der Waals surface area contributed by atoms with Crippen molar-refractivity contribution in [2.45, 2.75) is 51.2 Å². The smallest absolute Gasteiger partial charge is 0.227 e. The number of anilines is 2. The van der Waals surface area contributed by atoms with E-state index in [1.54, 1.807) is 7.11 Å². The second-order valence-electron chi connectivity index (χ2n) is 6.33. The molecule has 3 heterocycles. The van der Waals surface area contributed by atoms with E-state index in [4.69, 9.17) is 19.4 Å². The average molecular weight is 320 g/mol. The molecular formula is C17H28N4O2. The van der Waals surface area contributed by atoms with Crippen molar-refractivity contribution < 1.29 is 9.47 Å². The molecule has 0 spiro atoms. The van der Waals surface area contributed by atoms with Crippen molar-refractivity contribution in [3.8, 4) is 0 Å². The van der Waals surface area contributed by atoms with E-state index in [1.807, 2.05) is 0 Å². The summed E-state index contributed by atoms with van der Waals surface area (Å²) in [6.07, 6.45) is 5.69. The number of nitrogens with one attached hydrogen (secondary N) is 1. The van der Waals surface area contributed by atoms with E-state index in [-0.39, 0.29) is 12.1 Å². The van der Waals surface area contributed by atoms with Crippen LogP contribution in [0, 0.1) is 0 Å². The molecule has 1 aromatic heterocycles. The molecule has 0 unspecified atom stereocenters. The van der Waals surface area contributed by atoms with Gasteiger partial charge in [0.05, 0.1) is 12.6 Å². The summed E-state index contributed by atoms with van der Waals surface area (Å²) in [7, 11) is 1.74. The highest BCUT2D eigenvalue weighted by Crippen LogP contribution is 2.21. The number of nitrogens with zero attached hydrogens (tertiary/aromatic N) is 3. The molecular weight excluding hydrogens is 292 g/mol. The third kappa shape index (κ3) is 4.12. The van der Waals surface area contributed by atoms with E-state index in [0.717, 1.165) is 50.0 Å². The van der Waals surface area contributed by atoms with Gasteiger partial charge in [-0.3, -0.25) is 0 Å². The van der Waals surface area contributed by atoms with Crippen molar-refractivity contribution in [3.05, 3.63) is 11.8 Å².